The SMILES string of the molecule is CNS(=O)(=O)c1cccc(NC(=O)[C@@H](N)C(C)(C)C)c1C. The molecule has 0 fully saturated rings. The summed E-state index contributed by atoms with van der Waals surface area (Å²) >= 11 is 0. The van der Waals surface area contributed by atoms with E-state index in [-0.39, 0.29) is 16.2 Å². The monoisotopic (exact) mass is 313 g/mol. The van der Waals surface area contributed by atoms with Gasteiger partial charge in [0.25, 0.3) is 0 Å². The van der Waals surface area contributed by atoms with Gasteiger partial charge in [-0.3, -0.25) is 4.79 Å². The van der Waals surface area contributed by atoms with E-state index in [0.29, 0.717) is 11.3 Å². The first-order valence-corrected chi connectivity index (χ1v) is 8.08. The highest BCUT2D eigenvalue weighted by Crippen LogP contribution is 2.24. The Morgan fingerprint density at radius 3 is 2.33 bits per heavy atom. The summed E-state index contributed by atoms with van der Waals surface area (Å²) in [5.74, 6) is -0.343. The fourth-order valence-electron chi connectivity index (χ4n) is 1.75. The number of carbonyl (C=O) groups is 1. The molecule has 0 aliphatic carbocycles. The van der Waals surface area contributed by atoms with Crippen LogP contribution >= 0.6 is 0 Å². The molecular formula is C14H23N3O3S. The van der Waals surface area contributed by atoms with E-state index >= 15 is 0 Å². The van der Waals surface area contributed by atoms with Crippen LogP contribution in [0.1, 0.15) is 26.3 Å². The van der Waals surface area contributed by atoms with Crippen molar-refractivity contribution < 1.29 is 13.2 Å². The van der Waals surface area contributed by atoms with Crippen LogP contribution in [0.15, 0.2) is 23.1 Å². The zero-order chi connectivity index (χ0) is 16.4. The molecule has 0 saturated heterocycles. The van der Waals surface area contributed by atoms with Crippen LogP contribution < -0.4 is 15.8 Å². The van der Waals surface area contributed by atoms with Crippen molar-refractivity contribution in [1.29, 1.82) is 0 Å². The normalized spacial score (nSPS) is 13.8. The molecule has 0 radical (unpaired) electrons. The number of nitrogens with two attached hydrogens (primary N) is 1. The van der Waals surface area contributed by atoms with Crippen LogP contribution in [0.2, 0.25) is 0 Å². The van der Waals surface area contributed by atoms with Gasteiger partial charge in [-0.2, -0.15) is 0 Å². The lowest BCUT2D eigenvalue weighted by Crippen LogP contribution is -2.45. The Bertz CT molecular complexity index is 633. The summed E-state index contributed by atoms with van der Waals surface area (Å²) in [5, 5.41) is 2.70. The Morgan fingerprint density at radius 1 is 1.29 bits per heavy atom. The maximum atomic E-state index is 12.1. The van der Waals surface area contributed by atoms with Gasteiger partial charge >= 0.3 is 0 Å². The van der Waals surface area contributed by atoms with Crippen molar-refractivity contribution in [2.45, 2.75) is 38.6 Å². The minimum Gasteiger partial charge on any atom is -0.324 e. The van der Waals surface area contributed by atoms with Gasteiger partial charge in [0.05, 0.1) is 10.9 Å². The molecule has 21 heavy (non-hydrogen) atoms. The number of benzene rings is 1. The van der Waals surface area contributed by atoms with Crippen molar-refractivity contribution in [2.75, 3.05) is 12.4 Å². The molecule has 1 aromatic carbocycles. The van der Waals surface area contributed by atoms with Gasteiger partial charge in [-0.05, 0) is 37.1 Å². The van der Waals surface area contributed by atoms with Gasteiger partial charge in [0.2, 0.25) is 15.9 Å². The second-order valence-corrected chi connectivity index (χ2v) is 7.82. The molecule has 118 valence electrons. The van der Waals surface area contributed by atoms with Gasteiger partial charge < -0.3 is 11.1 Å². The topological polar surface area (TPSA) is 101 Å². The fourth-order valence-corrected chi connectivity index (χ4v) is 2.75. The standard InChI is InChI=1S/C14H23N3O3S/c1-9-10(17-13(18)12(15)14(2,3)4)7-6-8-11(9)21(19,20)16-5/h6-8,12,16H,15H2,1-5H3,(H,17,18)/t12-/m1/s1. The number of amides is 1. The Kier molecular flexibility index (Phi) is 5.14. The summed E-state index contributed by atoms with van der Waals surface area (Å²) in [5.41, 5.74) is 6.43. The number of carbonyl (C=O) groups excluding carboxylic acids is 1. The first-order valence-electron chi connectivity index (χ1n) is 6.60. The lowest BCUT2D eigenvalue weighted by molar-refractivity contribution is -0.119. The highest BCUT2D eigenvalue weighted by Gasteiger charge is 2.28. The zero-order valence-corrected chi connectivity index (χ0v) is 13.8. The van der Waals surface area contributed by atoms with Gasteiger partial charge in [-0.15, -0.1) is 0 Å². The number of hydrogen-bond donors (Lipinski definition) is 3. The molecule has 1 rings (SSSR count). The van der Waals surface area contributed by atoms with Gasteiger partial charge in [-0.1, -0.05) is 26.8 Å². The van der Waals surface area contributed by atoms with Crippen molar-refractivity contribution in [3.63, 3.8) is 0 Å². The van der Waals surface area contributed by atoms with E-state index in [9.17, 15) is 13.2 Å². The van der Waals surface area contributed by atoms with Crippen molar-refractivity contribution in [2.24, 2.45) is 11.1 Å². The summed E-state index contributed by atoms with van der Waals surface area (Å²) in [7, 11) is -2.23. The van der Waals surface area contributed by atoms with Crippen molar-refractivity contribution in [3.05, 3.63) is 23.8 Å². The average molecular weight is 313 g/mol. The Labute approximate surface area is 126 Å². The number of rotatable bonds is 4. The van der Waals surface area contributed by atoms with Crippen LogP contribution in [-0.4, -0.2) is 27.4 Å². The number of hydrogen-bond acceptors (Lipinski definition) is 4. The smallest absolute Gasteiger partial charge is 0.241 e. The molecule has 0 aliphatic rings. The van der Waals surface area contributed by atoms with E-state index in [2.05, 4.69) is 10.0 Å². The Morgan fingerprint density at radius 2 is 1.86 bits per heavy atom. The van der Waals surface area contributed by atoms with Crippen LogP contribution in [0.25, 0.3) is 0 Å². The van der Waals surface area contributed by atoms with Crippen molar-refractivity contribution in [3.8, 4) is 0 Å². The van der Waals surface area contributed by atoms with E-state index < -0.39 is 16.1 Å². The maximum Gasteiger partial charge on any atom is 0.241 e. The van der Waals surface area contributed by atoms with Crippen molar-refractivity contribution >= 4 is 21.6 Å². The van der Waals surface area contributed by atoms with Crippen LogP contribution in [0.5, 0.6) is 0 Å². The molecule has 0 bridgehead atoms. The van der Waals surface area contributed by atoms with Crippen LogP contribution in [0.3, 0.4) is 0 Å². The summed E-state index contributed by atoms with van der Waals surface area (Å²) in [6.07, 6.45) is 0. The lowest BCUT2D eigenvalue weighted by atomic mass is 9.87. The minimum atomic E-state index is -3.57. The quantitative estimate of drug-likeness (QED) is 0.777. The summed E-state index contributed by atoms with van der Waals surface area (Å²) in [6.45, 7) is 7.24. The molecule has 0 aliphatic heterocycles. The van der Waals surface area contributed by atoms with Gasteiger partial charge in [0, 0.05) is 5.69 Å². The van der Waals surface area contributed by atoms with Crippen LogP contribution in [0, 0.1) is 12.3 Å². The maximum absolute atomic E-state index is 12.1. The third-order valence-electron chi connectivity index (χ3n) is 3.32. The largest absolute Gasteiger partial charge is 0.324 e. The average Bonchev–Trinajstić information content (AvgIpc) is 2.38. The van der Waals surface area contributed by atoms with Crippen molar-refractivity contribution in [1.82, 2.24) is 4.72 Å². The number of anilines is 1. The van der Waals surface area contributed by atoms with Crippen LogP contribution in [0.4, 0.5) is 5.69 Å². The molecule has 6 nitrogen and oxygen atoms in total. The lowest BCUT2D eigenvalue weighted by Gasteiger charge is -2.26. The van der Waals surface area contributed by atoms with E-state index in [0.717, 1.165) is 0 Å². The van der Waals surface area contributed by atoms with Gasteiger partial charge in [-0.25, -0.2) is 13.1 Å². The molecule has 0 saturated carbocycles. The second-order valence-electron chi connectivity index (χ2n) is 5.97. The molecule has 0 aromatic heterocycles. The number of sulfonamides is 1. The number of nitrogens with one attached hydrogen (secondary N) is 2. The highest BCUT2D eigenvalue weighted by molar-refractivity contribution is 7.89. The molecule has 0 unspecified atom stereocenters. The van der Waals surface area contributed by atoms with E-state index in [1.807, 2.05) is 20.8 Å². The molecule has 1 aromatic rings. The van der Waals surface area contributed by atoms with E-state index in [1.54, 1.807) is 19.1 Å². The first-order chi connectivity index (χ1) is 9.50. The second kappa shape index (κ2) is 6.13. The molecule has 4 N–H and O–H groups in total. The van der Waals surface area contributed by atoms with E-state index in [4.69, 9.17) is 5.73 Å². The molecule has 7 heteroatoms. The molecular weight excluding hydrogens is 290 g/mol. The van der Waals surface area contributed by atoms with E-state index in [1.165, 1.54) is 13.1 Å². The third kappa shape index (κ3) is 4.03. The molecule has 1 atom stereocenters. The predicted octanol–water partition coefficient (Wildman–Crippen LogP) is 1.22. The highest BCUT2D eigenvalue weighted by atomic mass is 32.2. The predicted molar refractivity (Wildman–Crippen MR) is 83.5 cm³/mol. The fraction of sp³-hybridized carbons (Fsp3) is 0.500. The van der Waals surface area contributed by atoms with Crippen LogP contribution in [-0.2, 0) is 14.8 Å². The summed E-state index contributed by atoms with van der Waals surface area (Å²) < 4.78 is 26.1. The molecule has 0 heterocycles. The third-order valence-corrected chi connectivity index (χ3v) is 4.87. The first kappa shape index (κ1) is 17.6. The summed E-state index contributed by atoms with van der Waals surface area (Å²) in [4.78, 5) is 12.3. The molecule has 0 spiro atoms. The summed E-state index contributed by atoms with van der Waals surface area (Å²) in [6, 6.07) is 4.02. The van der Waals surface area contributed by atoms with Gasteiger partial charge in [0.15, 0.2) is 0 Å². The Hall–Kier alpha value is -1.44. The molecule has 1 amide bonds. The van der Waals surface area contributed by atoms with Gasteiger partial charge in [0.1, 0.15) is 0 Å². The Balaban J connectivity index is 3.13. The zero-order valence-electron chi connectivity index (χ0n) is 13.0. The minimum absolute atomic E-state index is 0.132.